The van der Waals surface area contributed by atoms with E-state index >= 15 is 0 Å². The minimum atomic E-state index is -0.172. The quantitative estimate of drug-likeness (QED) is 0.773. The Hall–Kier alpha value is -1.42. The summed E-state index contributed by atoms with van der Waals surface area (Å²) in [5, 5.41) is 11.9. The number of aromatic nitrogens is 1. The van der Waals surface area contributed by atoms with Gasteiger partial charge < -0.3 is 10.4 Å². The molecule has 0 unspecified atom stereocenters. The SMILES string of the molecule is CC(C)[C@@H](CO)NC(=O)Cc1ccncc1. The highest BCUT2D eigenvalue weighted by Gasteiger charge is 2.14. The van der Waals surface area contributed by atoms with Gasteiger partial charge in [-0.3, -0.25) is 9.78 Å². The Morgan fingerprint density at radius 3 is 2.56 bits per heavy atom. The highest BCUT2D eigenvalue weighted by molar-refractivity contribution is 5.78. The number of nitrogens with one attached hydrogen (secondary N) is 1. The summed E-state index contributed by atoms with van der Waals surface area (Å²) >= 11 is 0. The lowest BCUT2D eigenvalue weighted by molar-refractivity contribution is -0.121. The summed E-state index contributed by atoms with van der Waals surface area (Å²) in [7, 11) is 0. The van der Waals surface area contributed by atoms with Gasteiger partial charge in [0, 0.05) is 12.4 Å². The fourth-order valence-electron chi connectivity index (χ4n) is 1.37. The van der Waals surface area contributed by atoms with Crippen LogP contribution in [-0.4, -0.2) is 28.6 Å². The van der Waals surface area contributed by atoms with Crippen LogP contribution in [0.1, 0.15) is 19.4 Å². The summed E-state index contributed by atoms with van der Waals surface area (Å²) in [5.74, 6) is 0.158. The van der Waals surface area contributed by atoms with Crippen molar-refractivity contribution in [2.75, 3.05) is 6.61 Å². The molecule has 0 saturated carbocycles. The lowest BCUT2D eigenvalue weighted by atomic mass is 10.0. The summed E-state index contributed by atoms with van der Waals surface area (Å²) in [6, 6.07) is 3.44. The molecule has 1 aromatic rings. The monoisotopic (exact) mass is 222 g/mol. The minimum absolute atomic E-state index is 0.0280. The molecule has 0 fully saturated rings. The Kier molecular flexibility index (Phi) is 4.92. The Balaban J connectivity index is 2.47. The van der Waals surface area contributed by atoms with Crippen molar-refractivity contribution < 1.29 is 9.90 Å². The lowest BCUT2D eigenvalue weighted by Crippen LogP contribution is -2.41. The normalized spacial score (nSPS) is 12.5. The molecular formula is C12H18N2O2. The lowest BCUT2D eigenvalue weighted by Gasteiger charge is -2.19. The van der Waals surface area contributed by atoms with Crippen LogP contribution >= 0.6 is 0 Å². The van der Waals surface area contributed by atoms with Gasteiger partial charge in [0.15, 0.2) is 0 Å². The molecule has 0 spiro atoms. The van der Waals surface area contributed by atoms with Crippen LogP contribution < -0.4 is 5.32 Å². The van der Waals surface area contributed by atoms with Crippen LogP contribution in [0.3, 0.4) is 0 Å². The van der Waals surface area contributed by atoms with Gasteiger partial charge in [0.25, 0.3) is 0 Å². The van der Waals surface area contributed by atoms with Gasteiger partial charge in [0.2, 0.25) is 5.91 Å². The number of aliphatic hydroxyl groups excluding tert-OH is 1. The van der Waals surface area contributed by atoms with Crippen LogP contribution in [-0.2, 0) is 11.2 Å². The molecule has 0 aromatic carbocycles. The van der Waals surface area contributed by atoms with Crippen LogP contribution in [0.15, 0.2) is 24.5 Å². The Morgan fingerprint density at radius 1 is 1.44 bits per heavy atom. The standard InChI is InChI=1S/C12H18N2O2/c1-9(2)11(8-15)14-12(16)7-10-3-5-13-6-4-10/h3-6,9,11,15H,7-8H2,1-2H3,(H,14,16)/t11-/m1/s1. The van der Waals surface area contributed by atoms with Gasteiger partial charge in [0.05, 0.1) is 19.1 Å². The first-order chi connectivity index (χ1) is 7.63. The molecular weight excluding hydrogens is 204 g/mol. The van der Waals surface area contributed by atoms with E-state index in [2.05, 4.69) is 10.3 Å². The Morgan fingerprint density at radius 2 is 2.06 bits per heavy atom. The molecule has 1 heterocycles. The van der Waals surface area contributed by atoms with Crippen LogP contribution in [0.4, 0.5) is 0 Å². The summed E-state index contributed by atoms with van der Waals surface area (Å²) in [6.07, 6.45) is 3.65. The number of hydrogen-bond donors (Lipinski definition) is 2. The molecule has 0 bridgehead atoms. The smallest absolute Gasteiger partial charge is 0.224 e. The van der Waals surface area contributed by atoms with Crippen molar-refractivity contribution in [3.05, 3.63) is 30.1 Å². The first kappa shape index (κ1) is 12.6. The van der Waals surface area contributed by atoms with Gasteiger partial charge in [-0.2, -0.15) is 0 Å². The van der Waals surface area contributed by atoms with Gasteiger partial charge in [-0.05, 0) is 23.6 Å². The highest BCUT2D eigenvalue weighted by Crippen LogP contribution is 2.02. The highest BCUT2D eigenvalue weighted by atomic mass is 16.3. The minimum Gasteiger partial charge on any atom is -0.394 e. The largest absolute Gasteiger partial charge is 0.394 e. The Labute approximate surface area is 95.7 Å². The second-order valence-corrected chi connectivity index (χ2v) is 4.13. The second kappa shape index (κ2) is 6.23. The van der Waals surface area contributed by atoms with Gasteiger partial charge in [0.1, 0.15) is 0 Å². The summed E-state index contributed by atoms with van der Waals surface area (Å²) in [5.41, 5.74) is 0.924. The van der Waals surface area contributed by atoms with E-state index in [1.54, 1.807) is 12.4 Å². The van der Waals surface area contributed by atoms with E-state index in [-0.39, 0.29) is 24.5 Å². The summed E-state index contributed by atoms with van der Waals surface area (Å²) in [4.78, 5) is 15.5. The molecule has 16 heavy (non-hydrogen) atoms. The maximum Gasteiger partial charge on any atom is 0.224 e. The van der Waals surface area contributed by atoms with E-state index in [1.165, 1.54) is 0 Å². The van der Waals surface area contributed by atoms with E-state index in [1.807, 2.05) is 26.0 Å². The molecule has 1 aromatic heterocycles. The summed E-state index contributed by atoms with van der Waals surface area (Å²) < 4.78 is 0. The first-order valence-electron chi connectivity index (χ1n) is 5.42. The van der Waals surface area contributed by atoms with E-state index in [4.69, 9.17) is 5.11 Å². The molecule has 0 radical (unpaired) electrons. The Bertz CT molecular complexity index is 325. The van der Waals surface area contributed by atoms with E-state index < -0.39 is 0 Å². The van der Waals surface area contributed by atoms with Crippen LogP contribution in [0.2, 0.25) is 0 Å². The number of aliphatic hydroxyl groups is 1. The van der Waals surface area contributed by atoms with Crippen LogP contribution in [0.25, 0.3) is 0 Å². The van der Waals surface area contributed by atoms with Crippen molar-refractivity contribution in [3.8, 4) is 0 Å². The van der Waals surface area contributed by atoms with E-state index in [9.17, 15) is 4.79 Å². The molecule has 1 atom stereocenters. The van der Waals surface area contributed by atoms with Crippen molar-refractivity contribution in [1.82, 2.24) is 10.3 Å². The van der Waals surface area contributed by atoms with Crippen LogP contribution in [0, 0.1) is 5.92 Å². The van der Waals surface area contributed by atoms with Crippen molar-refractivity contribution in [1.29, 1.82) is 0 Å². The topological polar surface area (TPSA) is 62.2 Å². The van der Waals surface area contributed by atoms with Crippen molar-refractivity contribution in [3.63, 3.8) is 0 Å². The van der Waals surface area contributed by atoms with Crippen molar-refractivity contribution >= 4 is 5.91 Å². The van der Waals surface area contributed by atoms with Gasteiger partial charge in [-0.15, -0.1) is 0 Å². The molecule has 0 aliphatic heterocycles. The van der Waals surface area contributed by atoms with Crippen molar-refractivity contribution in [2.24, 2.45) is 5.92 Å². The number of amides is 1. The van der Waals surface area contributed by atoms with E-state index in [0.29, 0.717) is 6.42 Å². The number of hydrogen-bond acceptors (Lipinski definition) is 3. The second-order valence-electron chi connectivity index (χ2n) is 4.13. The third-order valence-corrected chi connectivity index (χ3v) is 2.46. The molecule has 0 aliphatic carbocycles. The maximum absolute atomic E-state index is 11.6. The van der Waals surface area contributed by atoms with Crippen LogP contribution in [0.5, 0.6) is 0 Å². The molecule has 0 saturated heterocycles. The predicted octanol–water partition coefficient (Wildman–Crippen LogP) is 0.757. The molecule has 88 valence electrons. The number of rotatable bonds is 5. The first-order valence-corrected chi connectivity index (χ1v) is 5.42. The maximum atomic E-state index is 11.6. The fraction of sp³-hybridized carbons (Fsp3) is 0.500. The molecule has 1 rings (SSSR count). The molecule has 1 amide bonds. The van der Waals surface area contributed by atoms with E-state index in [0.717, 1.165) is 5.56 Å². The molecule has 4 nitrogen and oxygen atoms in total. The third-order valence-electron chi connectivity index (χ3n) is 2.46. The van der Waals surface area contributed by atoms with Crippen molar-refractivity contribution in [2.45, 2.75) is 26.3 Å². The van der Waals surface area contributed by atoms with Gasteiger partial charge in [-0.1, -0.05) is 13.8 Å². The number of carbonyl (C=O) groups is 1. The average Bonchev–Trinajstić information content (AvgIpc) is 2.27. The number of pyridine rings is 1. The number of nitrogens with zero attached hydrogens (tertiary/aromatic N) is 1. The molecule has 4 heteroatoms. The average molecular weight is 222 g/mol. The molecule has 0 aliphatic rings. The zero-order valence-corrected chi connectivity index (χ0v) is 9.68. The summed E-state index contributed by atoms with van der Waals surface area (Å²) in [6.45, 7) is 3.90. The fourth-order valence-corrected chi connectivity index (χ4v) is 1.37. The van der Waals surface area contributed by atoms with Gasteiger partial charge in [-0.25, -0.2) is 0 Å². The predicted molar refractivity (Wildman–Crippen MR) is 61.8 cm³/mol. The van der Waals surface area contributed by atoms with Gasteiger partial charge >= 0.3 is 0 Å². The zero-order valence-electron chi connectivity index (χ0n) is 9.68. The zero-order chi connectivity index (χ0) is 12.0. The number of carbonyl (C=O) groups excluding carboxylic acids is 1. The third kappa shape index (κ3) is 3.98. The molecule has 2 N–H and O–H groups in total.